The van der Waals surface area contributed by atoms with Gasteiger partial charge in [-0.15, -0.1) is 0 Å². The van der Waals surface area contributed by atoms with Crippen LogP contribution in [0.5, 0.6) is 0 Å². The fraction of sp³-hybridized carbons (Fsp3) is 0.450. The Labute approximate surface area is 174 Å². The minimum Gasteiger partial charge on any atom is -0.467 e. The molecule has 10 heteroatoms. The predicted molar refractivity (Wildman–Crippen MR) is 112 cm³/mol. The third-order valence-corrected chi connectivity index (χ3v) is 5.26. The normalized spacial score (nSPS) is 19.5. The van der Waals surface area contributed by atoms with Gasteiger partial charge in [0.25, 0.3) is 0 Å². The summed E-state index contributed by atoms with van der Waals surface area (Å²) in [6, 6.07) is 8.36. The number of nitrogens with zero attached hydrogens (tertiary/aromatic N) is 3. The average Bonchev–Trinajstić information content (AvgIpc) is 2.77. The van der Waals surface area contributed by atoms with Gasteiger partial charge < -0.3 is 21.1 Å². The summed E-state index contributed by atoms with van der Waals surface area (Å²) in [6.07, 6.45) is 4.97. The zero-order chi connectivity index (χ0) is 21.5. The van der Waals surface area contributed by atoms with E-state index in [1.165, 1.54) is 7.11 Å². The van der Waals surface area contributed by atoms with Gasteiger partial charge >= 0.3 is 11.7 Å². The number of rotatable bonds is 8. The summed E-state index contributed by atoms with van der Waals surface area (Å²) in [6.45, 7) is 0.559. The van der Waals surface area contributed by atoms with Crippen molar-refractivity contribution in [1.82, 2.24) is 9.97 Å². The van der Waals surface area contributed by atoms with Crippen LogP contribution in [0.3, 0.4) is 0 Å². The van der Waals surface area contributed by atoms with E-state index in [0.29, 0.717) is 18.0 Å². The highest BCUT2D eigenvalue weighted by atomic mass is 16.6. The number of benzene rings is 1. The fourth-order valence-electron chi connectivity index (χ4n) is 3.51. The molecule has 1 aliphatic carbocycles. The second-order valence-electron chi connectivity index (χ2n) is 7.36. The second-order valence-corrected chi connectivity index (χ2v) is 7.36. The van der Waals surface area contributed by atoms with Crippen LogP contribution in [0, 0.1) is 16.0 Å². The van der Waals surface area contributed by atoms with E-state index < -0.39 is 16.9 Å². The lowest BCUT2D eigenvalue weighted by Gasteiger charge is -2.26. The molecule has 0 unspecified atom stereocenters. The minimum absolute atomic E-state index is 0.0908. The van der Waals surface area contributed by atoms with Crippen molar-refractivity contribution in [3.8, 4) is 0 Å². The van der Waals surface area contributed by atoms with Crippen LogP contribution in [0.4, 0.5) is 17.5 Å². The van der Waals surface area contributed by atoms with E-state index in [1.54, 1.807) is 24.3 Å². The van der Waals surface area contributed by atoms with E-state index in [-0.39, 0.29) is 23.5 Å². The molecule has 0 radical (unpaired) electrons. The van der Waals surface area contributed by atoms with Gasteiger partial charge in [-0.3, -0.25) is 10.1 Å². The molecule has 0 aliphatic heterocycles. The van der Waals surface area contributed by atoms with Gasteiger partial charge in [0.05, 0.1) is 12.0 Å². The summed E-state index contributed by atoms with van der Waals surface area (Å²) >= 11 is 0. The number of anilines is 2. The molecule has 0 spiro atoms. The van der Waals surface area contributed by atoms with Gasteiger partial charge in [-0.05, 0) is 37.2 Å². The number of hydrogen-bond donors (Lipinski definition) is 3. The lowest BCUT2D eigenvalue weighted by Crippen LogP contribution is -2.29. The van der Waals surface area contributed by atoms with Crippen molar-refractivity contribution in [2.75, 3.05) is 24.3 Å². The van der Waals surface area contributed by atoms with E-state index in [1.807, 2.05) is 6.07 Å². The number of nitro groups is 1. The van der Waals surface area contributed by atoms with Crippen LogP contribution in [0.25, 0.3) is 0 Å². The zero-order valence-corrected chi connectivity index (χ0v) is 16.8. The van der Waals surface area contributed by atoms with Crippen molar-refractivity contribution >= 4 is 23.4 Å². The lowest BCUT2D eigenvalue weighted by atomic mass is 9.86. The number of nitrogens with one attached hydrogen (secondary N) is 2. The number of nitrogens with two attached hydrogens (primary N) is 1. The molecule has 30 heavy (non-hydrogen) atoms. The standard InChI is InChI=1S/C20H26N6O4/c1-30-19(27)17(14-5-3-2-4-6-14)24-20-23-12-16(26(28)29)18(25-20)22-11-13-7-9-15(21)10-8-13/h2-6,12-13,15,17H,7-11,21H2,1H3,(H2,22,23,24,25)/t13-,15-,17-/m0/s1. The Balaban J connectivity index is 1.78. The average molecular weight is 414 g/mol. The van der Waals surface area contributed by atoms with Gasteiger partial charge in [0.15, 0.2) is 6.04 Å². The van der Waals surface area contributed by atoms with Crippen LogP contribution in [0.2, 0.25) is 0 Å². The van der Waals surface area contributed by atoms with Crippen molar-refractivity contribution in [2.24, 2.45) is 11.7 Å². The van der Waals surface area contributed by atoms with Crippen LogP contribution < -0.4 is 16.4 Å². The molecule has 0 saturated heterocycles. The number of ether oxygens (including phenoxy) is 1. The maximum Gasteiger partial charge on any atom is 0.333 e. The second kappa shape index (κ2) is 9.97. The lowest BCUT2D eigenvalue weighted by molar-refractivity contribution is -0.384. The SMILES string of the molecule is COC(=O)[C@@H](Nc1ncc([N+](=O)[O-])c(NC[C@H]2CC[C@H](N)CC2)n1)c1ccccc1. The van der Waals surface area contributed by atoms with Crippen molar-refractivity contribution in [1.29, 1.82) is 0 Å². The molecule has 1 aromatic carbocycles. The molecule has 160 valence electrons. The van der Waals surface area contributed by atoms with E-state index in [0.717, 1.165) is 31.9 Å². The zero-order valence-electron chi connectivity index (χ0n) is 16.8. The van der Waals surface area contributed by atoms with Gasteiger partial charge in [0.2, 0.25) is 11.8 Å². The fourth-order valence-corrected chi connectivity index (χ4v) is 3.51. The van der Waals surface area contributed by atoms with E-state index in [9.17, 15) is 14.9 Å². The molecule has 3 rings (SSSR count). The molecule has 10 nitrogen and oxygen atoms in total. The Bertz CT molecular complexity index is 871. The van der Waals surface area contributed by atoms with Gasteiger partial charge in [0, 0.05) is 12.6 Å². The van der Waals surface area contributed by atoms with Crippen molar-refractivity contribution in [3.05, 3.63) is 52.2 Å². The van der Waals surface area contributed by atoms with Crippen LogP contribution in [0.15, 0.2) is 36.5 Å². The summed E-state index contributed by atoms with van der Waals surface area (Å²) < 4.78 is 4.88. The van der Waals surface area contributed by atoms with Gasteiger partial charge in [0.1, 0.15) is 6.20 Å². The molecule has 0 amide bonds. The first kappa shape index (κ1) is 21.4. The summed E-state index contributed by atoms with van der Waals surface area (Å²) in [7, 11) is 1.29. The Morgan fingerprint density at radius 3 is 2.63 bits per heavy atom. The molecule has 1 aliphatic rings. The highest BCUT2D eigenvalue weighted by Crippen LogP contribution is 2.27. The van der Waals surface area contributed by atoms with E-state index in [2.05, 4.69) is 20.6 Å². The Hall–Kier alpha value is -3.27. The van der Waals surface area contributed by atoms with Gasteiger partial charge in [-0.2, -0.15) is 4.98 Å². The molecule has 1 heterocycles. The number of carbonyl (C=O) groups is 1. The predicted octanol–water partition coefficient (Wildman–Crippen LogP) is 2.64. The van der Waals surface area contributed by atoms with E-state index >= 15 is 0 Å². The first-order valence-corrected chi connectivity index (χ1v) is 9.88. The molecular formula is C20H26N6O4. The molecule has 1 fully saturated rings. The highest BCUT2D eigenvalue weighted by molar-refractivity contribution is 5.80. The smallest absolute Gasteiger partial charge is 0.333 e. The third-order valence-electron chi connectivity index (χ3n) is 5.26. The third kappa shape index (κ3) is 5.41. The summed E-state index contributed by atoms with van der Waals surface area (Å²) in [5, 5.41) is 17.4. The molecule has 1 aromatic heterocycles. The quantitative estimate of drug-likeness (QED) is 0.337. The topological polar surface area (TPSA) is 145 Å². The van der Waals surface area contributed by atoms with Gasteiger partial charge in [-0.25, -0.2) is 9.78 Å². The Kier molecular flexibility index (Phi) is 7.12. The Morgan fingerprint density at radius 2 is 2.00 bits per heavy atom. The summed E-state index contributed by atoms with van der Waals surface area (Å²) in [5.74, 6) is 0.0659. The van der Waals surface area contributed by atoms with Crippen LogP contribution >= 0.6 is 0 Å². The number of aromatic nitrogens is 2. The van der Waals surface area contributed by atoms with Crippen molar-refractivity contribution in [2.45, 2.75) is 37.8 Å². The van der Waals surface area contributed by atoms with Crippen molar-refractivity contribution in [3.63, 3.8) is 0 Å². The van der Waals surface area contributed by atoms with Crippen LogP contribution in [0.1, 0.15) is 37.3 Å². The highest BCUT2D eigenvalue weighted by Gasteiger charge is 2.25. The van der Waals surface area contributed by atoms with E-state index in [4.69, 9.17) is 10.5 Å². The molecule has 1 atom stereocenters. The molecule has 2 aromatic rings. The first-order valence-electron chi connectivity index (χ1n) is 9.88. The molecule has 4 N–H and O–H groups in total. The maximum absolute atomic E-state index is 12.3. The summed E-state index contributed by atoms with van der Waals surface area (Å²) in [4.78, 5) is 31.4. The van der Waals surface area contributed by atoms with Gasteiger partial charge in [-0.1, -0.05) is 30.3 Å². The molecule has 0 bridgehead atoms. The van der Waals surface area contributed by atoms with Crippen molar-refractivity contribution < 1.29 is 14.5 Å². The monoisotopic (exact) mass is 414 g/mol. The molecular weight excluding hydrogens is 388 g/mol. The number of methoxy groups -OCH3 is 1. The Morgan fingerprint density at radius 1 is 1.30 bits per heavy atom. The molecule has 1 saturated carbocycles. The number of esters is 1. The first-order chi connectivity index (χ1) is 14.5. The maximum atomic E-state index is 12.3. The number of hydrogen-bond acceptors (Lipinski definition) is 9. The number of carbonyl (C=O) groups excluding carboxylic acids is 1. The largest absolute Gasteiger partial charge is 0.467 e. The van der Waals surface area contributed by atoms with Crippen LogP contribution in [-0.2, 0) is 9.53 Å². The van der Waals surface area contributed by atoms with Crippen LogP contribution in [-0.4, -0.2) is 40.6 Å². The summed E-state index contributed by atoms with van der Waals surface area (Å²) in [5.41, 5.74) is 6.39. The minimum atomic E-state index is -0.842.